The quantitative estimate of drug-likeness (QED) is 0.509. The number of allylic oxidation sites excluding steroid dienone is 3. The van der Waals surface area contributed by atoms with Gasteiger partial charge in [-0.25, -0.2) is 0 Å². The van der Waals surface area contributed by atoms with Gasteiger partial charge in [-0.2, -0.15) is 0 Å². The van der Waals surface area contributed by atoms with Crippen molar-refractivity contribution in [1.29, 1.82) is 0 Å². The van der Waals surface area contributed by atoms with Crippen molar-refractivity contribution in [3.05, 3.63) is 35.5 Å². The van der Waals surface area contributed by atoms with Crippen molar-refractivity contribution < 1.29 is 10.2 Å². The second kappa shape index (κ2) is 9.33. The molecule has 0 aromatic carbocycles. The van der Waals surface area contributed by atoms with E-state index in [1.807, 2.05) is 0 Å². The van der Waals surface area contributed by atoms with Crippen LogP contribution in [0.25, 0.3) is 0 Å². The third-order valence-corrected chi connectivity index (χ3v) is 8.58. The fourth-order valence-electron chi connectivity index (χ4n) is 6.83. The lowest BCUT2D eigenvalue weighted by atomic mass is 9.60. The first-order valence-electron chi connectivity index (χ1n) is 12.5. The van der Waals surface area contributed by atoms with Gasteiger partial charge in [0.05, 0.1) is 12.2 Å². The molecule has 6 atom stereocenters. The number of hydrogen-bond donors (Lipinski definition) is 2. The average molecular weight is 415 g/mol. The summed E-state index contributed by atoms with van der Waals surface area (Å²) >= 11 is 0. The van der Waals surface area contributed by atoms with Crippen molar-refractivity contribution in [3.63, 3.8) is 0 Å². The van der Waals surface area contributed by atoms with Crippen LogP contribution < -0.4 is 0 Å². The molecule has 30 heavy (non-hydrogen) atoms. The first-order valence-corrected chi connectivity index (χ1v) is 12.5. The van der Waals surface area contributed by atoms with Crippen molar-refractivity contribution in [1.82, 2.24) is 0 Å². The Labute approximate surface area is 185 Å². The fourth-order valence-corrected chi connectivity index (χ4v) is 6.83. The van der Waals surface area contributed by atoms with Gasteiger partial charge in [0.15, 0.2) is 0 Å². The molecular weight excluding hydrogens is 368 g/mol. The topological polar surface area (TPSA) is 40.5 Å². The van der Waals surface area contributed by atoms with Gasteiger partial charge >= 0.3 is 0 Å². The minimum absolute atomic E-state index is 0.419. The summed E-state index contributed by atoms with van der Waals surface area (Å²) in [6.07, 6.45) is 15.1. The molecule has 0 radical (unpaired) electrons. The Morgan fingerprint density at radius 3 is 2.63 bits per heavy atom. The van der Waals surface area contributed by atoms with Crippen LogP contribution in [-0.2, 0) is 0 Å². The smallest absolute Gasteiger partial charge is 0.0811 e. The molecule has 0 aliphatic heterocycles. The highest BCUT2D eigenvalue weighted by molar-refractivity contribution is 5.38. The van der Waals surface area contributed by atoms with Crippen LogP contribution >= 0.6 is 0 Å². The summed E-state index contributed by atoms with van der Waals surface area (Å²) in [5.74, 6) is 2.35. The molecule has 0 aromatic heterocycles. The standard InChI is InChI=1S/C28H46O2/c1-19(9-7-15-27(3,4)5)24-13-14-25-21(10-8-16-28(24,25)6)11-12-22-17-23(29)18-26(30)20(22)2/h11-12,19,23-26,29-30H,2,7-10,13-18H2,1,3-6H3/b21-11+,22-12-/t19-,23-,24-,25+,26+,28-/m1/s1. The lowest BCUT2D eigenvalue weighted by Gasteiger charge is -2.44. The molecule has 0 unspecified atom stereocenters. The zero-order valence-corrected chi connectivity index (χ0v) is 20.2. The van der Waals surface area contributed by atoms with Crippen molar-refractivity contribution >= 4 is 0 Å². The summed E-state index contributed by atoms with van der Waals surface area (Å²) in [6, 6.07) is 0. The monoisotopic (exact) mass is 414 g/mol. The van der Waals surface area contributed by atoms with Crippen molar-refractivity contribution in [2.75, 3.05) is 0 Å². The van der Waals surface area contributed by atoms with Gasteiger partial charge in [0.25, 0.3) is 0 Å². The van der Waals surface area contributed by atoms with Crippen molar-refractivity contribution in [2.45, 2.75) is 111 Å². The molecule has 3 aliphatic carbocycles. The maximum absolute atomic E-state index is 10.1. The van der Waals surface area contributed by atoms with Crippen molar-refractivity contribution in [2.24, 2.45) is 28.6 Å². The third kappa shape index (κ3) is 5.30. The number of aliphatic hydroxyl groups is 2. The van der Waals surface area contributed by atoms with Crippen molar-refractivity contribution in [3.8, 4) is 0 Å². The highest BCUT2D eigenvalue weighted by Gasteiger charge is 2.50. The van der Waals surface area contributed by atoms with E-state index in [4.69, 9.17) is 0 Å². The zero-order chi connectivity index (χ0) is 22.1. The number of fused-ring (bicyclic) bond motifs is 1. The Kier molecular flexibility index (Phi) is 7.40. The molecule has 0 saturated heterocycles. The number of hydrogen-bond acceptors (Lipinski definition) is 2. The molecule has 0 aromatic rings. The second-order valence-electron chi connectivity index (χ2n) is 12.1. The van der Waals surface area contributed by atoms with Crippen LogP contribution in [0.1, 0.15) is 98.8 Å². The largest absolute Gasteiger partial charge is 0.393 e. The van der Waals surface area contributed by atoms with Gasteiger partial charge in [0, 0.05) is 6.42 Å². The lowest BCUT2D eigenvalue weighted by molar-refractivity contribution is 0.0861. The SMILES string of the molecule is C=C1/C(=C\C=C2/CCC[C@]3(C)[C@@H]([C@H](C)CCCC(C)(C)C)CC[C@@H]23)C[C@@H](O)C[C@@H]1O. The maximum atomic E-state index is 10.1. The highest BCUT2D eigenvalue weighted by Crippen LogP contribution is 2.60. The van der Waals surface area contributed by atoms with Gasteiger partial charge in [-0.15, -0.1) is 0 Å². The van der Waals surface area contributed by atoms with E-state index >= 15 is 0 Å². The molecule has 0 spiro atoms. The maximum Gasteiger partial charge on any atom is 0.0811 e. The molecule has 3 rings (SSSR count). The highest BCUT2D eigenvalue weighted by atomic mass is 16.3. The fraction of sp³-hybridized carbons (Fsp3) is 0.786. The molecule has 2 N–H and O–H groups in total. The average Bonchev–Trinajstić information content (AvgIpc) is 3.00. The Bertz CT molecular complexity index is 679. The molecule has 170 valence electrons. The van der Waals surface area contributed by atoms with Crippen LogP contribution in [0.15, 0.2) is 35.5 Å². The summed E-state index contributed by atoms with van der Waals surface area (Å²) in [6.45, 7) is 16.2. The van der Waals surface area contributed by atoms with E-state index in [0.29, 0.717) is 29.6 Å². The van der Waals surface area contributed by atoms with Gasteiger partial charge in [0.1, 0.15) is 0 Å². The molecule has 3 saturated carbocycles. The summed E-state index contributed by atoms with van der Waals surface area (Å²) in [4.78, 5) is 0. The predicted octanol–water partition coefficient (Wildman–Crippen LogP) is 6.98. The second-order valence-corrected chi connectivity index (χ2v) is 12.1. The normalized spacial score (nSPS) is 38.8. The number of rotatable bonds is 5. The van der Waals surface area contributed by atoms with Crippen LogP contribution in [0.4, 0.5) is 0 Å². The molecule has 2 nitrogen and oxygen atoms in total. The molecule has 2 heteroatoms. The Hall–Kier alpha value is -0.860. The lowest BCUT2D eigenvalue weighted by Crippen LogP contribution is -2.36. The van der Waals surface area contributed by atoms with E-state index in [-0.39, 0.29) is 0 Å². The van der Waals surface area contributed by atoms with E-state index in [0.717, 1.165) is 23.0 Å². The van der Waals surface area contributed by atoms with E-state index in [1.54, 1.807) is 5.57 Å². The Balaban J connectivity index is 1.70. The zero-order valence-electron chi connectivity index (χ0n) is 20.2. The van der Waals surface area contributed by atoms with Crippen LogP contribution in [0.2, 0.25) is 0 Å². The van der Waals surface area contributed by atoms with Crippen LogP contribution in [0, 0.1) is 28.6 Å². The Morgan fingerprint density at radius 2 is 1.93 bits per heavy atom. The minimum Gasteiger partial charge on any atom is -0.393 e. The van der Waals surface area contributed by atoms with Gasteiger partial charge < -0.3 is 10.2 Å². The molecule has 3 fully saturated rings. The summed E-state index contributed by atoms with van der Waals surface area (Å²) in [7, 11) is 0. The summed E-state index contributed by atoms with van der Waals surface area (Å²) in [5, 5.41) is 20.2. The first-order chi connectivity index (χ1) is 14.0. The van der Waals surface area contributed by atoms with Gasteiger partial charge in [-0.1, -0.05) is 71.8 Å². The molecular formula is C28H46O2. The van der Waals surface area contributed by atoms with E-state index in [9.17, 15) is 10.2 Å². The molecule has 0 heterocycles. The Morgan fingerprint density at radius 1 is 1.20 bits per heavy atom. The number of aliphatic hydroxyl groups excluding tert-OH is 2. The van der Waals surface area contributed by atoms with E-state index in [2.05, 4.69) is 53.3 Å². The van der Waals surface area contributed by atoms with Crippen LogP contribution in [0.5, 0.6) is 0 Å². The van der Waals surface area contributed by atoms with Gasteiger partial charge in [0.2, 0.25) is 0 Å². The first kappa shape index (κ1) is 23.8. The summed E-state index contributed by atoms with van der Waals surface area (Å²) in [5.41, 5.74) is 4.31. The van der Waals surface area contributed by atoms with E-state index < -0.39 is 12.2 Å². The van der Waals surface area contributed by atoms with Crippen LogP contribution in [0.3, 0.4) is 0 Å². The molecule has 0 amide bonds. The minimum atomic E-state index is -0.597. The van der Waals surface area contributed by atoms with Gasteiger partial charge in [-0.3, -0.25) is 0 Å². The molecule has 0 bridgehead atoms. The third-order valence-electron chi connectivity index (χ3n) is 8.58. The molecule has 3 aliphatic rings. The predicted molar refractivity (Wildman–Crippen MR) is 127 cm³/mol. The van der Waals surface area contributed by atoms with Crippen LogP contribution in [-0.4, -0.2) is 22.4 Å². The van der Waals surface area contributed by atoms with E-state index in [1.165, 1.54) is 51.4 Å². The summed E-state index contributed by atoms with van der Waals surface area (Å²) < 4.78 is 0. The van der Waals surface area contributed by atoms with Gasteiger partial charge in [-0.05, 0) is 84.7 Å².